The number of ether oxygens (including phenoxy) is 1. The summed E-state index contributed by atoms with van der Waals surface area (Å²) >= 11 is 5.42. The molecule has 2 aromatic carbocycles. The van der Waals surface area contributed by atoms with Crippen LogP contribution >= 0.6 is 12.2 Å². The summed E-state index contributed by atoms with van der Waals surface area (Å²) in [7, 11) is 0. The molecular weight excluding hydrogens is 280 g/mol. The summed E-state index contributed by atoms with van der Waals surface area (Å²) in [5.74, 6) is 0.901. The normalized spacial score (nSPS) is 11.0. The minimum atomic E-state index is 0.596. The number of aromatic amines is 1. The quantitative estimate of drug-likeness (QED) is 0.724. The molecule has 0 bridgehead atoms. The van der Waals surface area contributed by atoms with Gasteiger partial charge in [0.05, 0.1) is 17.6 Å². The Hall–Kier alpha value is -2.07. The number of para-hydroxylation sites is 1. The lowest BCUT2D eigenvalue weighted by molar-refractivity contribution is 0.299. The van der Waals surface area contributed by atoms with Crippen LogP contribution in [0.1, 0.15) is 11.1 Å². The molecule has 0 atom stereocenters. The lowest BCUT2D eigenvalue weighted by Crippen LogP contribution is -2.08. The van der Waals surface area contributed by atoms with Crippen molar-refractivity contribution >= 4 is 23.3 Å². The zero-order valence-electron chi connectivity index (χ0n) is 12.2. The molecule has 1 heterocycles. The number of benzene rings is 2. The Morgan fingerprint density at radius 3 is 2.76 bits per heavy atom. The van der Waals surface area contributed by atoms with E-state index in [-0.39, 0.29) is 0 Å². The van der Waals surface area contributed by atoms with E-state index in [9.17, 15) is 0 Å². The van der Waals surface area contributed by atoms with Crippen LogP contribution in [-0.4, -0.2) is 16.2 Å². The number of nitrogens with zero attached hydrogens (tertiary/aromatic N) is 1. The number of fused-ring (bicyclic) bond motifs is 1. The van der Waals surface area contributed by atoms with Gasteiger partial charge in [0.25, 0.3) is 0 Å². The van der Waals surface area contributed by atoms with Crippen LogP contribution in [0.3, 0.4) is 0 Å². The molecule has 108 valence electrons. The predicted molar refractivity (Wildman–Crippen MR) is 88.5 cm³/mol. The fourth-order valence-electron chi connectivity index (χ4n) is 2.58. The number of aryl methyl sites for hydroxylation is 2. The van der Waals surface area contributed by atoms with E-state index in [1.807, 2.05) is 24.3 Å². The third kappa shape index (κ3) is 2.85. The zero-order valence-corrected chi connectivity index (χ0v) is 13.0. The molecule has 0 radical (unpaired) electrons. The van der Waals surface area contributed by atoms with Gasteiger partial charge in [-0.05, 0) is 55.4 Å². The van der Waals surface area contributed by atoms with Crippen molar-refractivity contribution < 1.29 is 4.74 Å². The van der Waals surface area contributed by atoms with Crippen molar-refractivity contribution in [3.05, 3.63) is 58.4 Å². The van der Waals surface area contributed by atoms with Crippen LogP contribution in [0.2, 0.25) is 0 Å². The van der Waals surface area contributed by atoms with E-state index in [2.05, 4.69) is 41.6 Å². The summed E-state index contributed by atoms with van der Waals surface area (Å²) < 4.78 is 8.67. The number of aromatic nitrogens is 2. The van der Waals surface area contributed by atoms with Crippen molar-refractivity contribution in [3.8, 4) is 5.75 Å². The SMILES string of the molecule is Cc1cccc(OCCn2c(=S)[nH]c3cccc(C)c32)c1. The van der Waals surface area contributed by atoms with E-state index in [1.54, 1.807) is 0 Å². The largest absolute Gasteiger partial charge is 0.492 e. The van der Waals surface area contributed by atoms with Gasteiger partial charge in [-0.1, -0.05) is 24.3 Å². The van der Waals surface area contributed by atoms with Crippen LogP contribution in [0.5, 0.6) is 5.75 Å². The molecule has 0 saturated heterocycles. The Labute approximate surface area is 129 Å². The van der Waals surface area contributed by atoms with Crippen molar-refractivity contribution in [3.63, 3.8) is 0 Å². The van der Waals surface area contributed by atoms with E-state index < -0.39 is 0 Å². The van der Waals surface area contributed by atoms with Crippen molar-refractivity contribution in [1.82, 2.24) is 9.55 Å². The summed E-state index contributed by atoms with van der Waals surface area (Å²) in [6.45, 7) is 5.49. The van der Waals surface area contributed by atoms with Gasteiger partial charge < -0.3 is 14.3 Å². The smallest absolute Gasteiger partial charge is 0.178 e. The van der Waals surface area contributed by atoms with E-state index in [4.69, 9.17) is 17.0 Å². The summed E-state index contributed by atoms with van der Waals surface area (Å²) in [6, 6.07) is 14.3. The molecule has 0 saturated carbocycles. The minimum absolute atomic E-state index is 0.596. The zero-order chi connectivity index (χ0) is 14.8. The van der Waals surface area contributed by atoms with Gasteiger partial charge in [-0.15, -0.1) is 0 Å². The van der Waals surface area contributed by atoms with E-state index in [0.717, 1.165) is 28.1 Å². The molecule has 3 nitrogen and oxygen atoms in total. The topological polar surface area (TPSA) is 29.9 Å². The molecule has 0 aliphatic carbocycles. The maximum Gasteiger partial charge on any atom is 0.178 e. The van der Waals surface area contributed by atoms with Crippen molar-refractivity contribution in [1.29, 1.82) is 0 Å². The minimum Gasteiger partial charge on any atom is -0.492 e. The van der Waals surface area contributed by atoms with Crippen LogP contribution in [-0.2, 0) is 6.54 Å². The van der Waals surface area contributed by atoms with Gasteiger partial charge in [-0.3, -0.25) is 0 Å². The highest BCUT2D eigenvalue weighted by atomic mass is 32.1. The molecule has 0 aliphatic heterocycles. The number of hydrogen-bond donors (Lipinski definition) is 1. The summed E-state index contributed by atoms with van der Waals surface area (Å²) in [6.07, 6.45) is 0. The molecule has 1 N–H and O–H groups in total. The van der Waals surface area contributed by atoms with Gasteiger partial charge >= 0.3 is 0 Å². The summed E-state index contributed by atoms with van der Waals surface area (Å²) in [5, 5.41) is 0. The Morgan fingerprint density at radius 1 is 1.14 bits per heavy atom. The molecule has 0 aliphatic rings. The highest BCUT2D eigenvalue weighted by Crippen LogP contribution is 2.18. The molecule has 4 heteroatoms. The van der Waals surface area contributed by atoms with Crippen molar-refractivity contribution in [2.45, 2.75) is 20.4 Å². The molecule has 21 heavy (non-hydrogen) atoms. The molecule has 3 rings (SSSR count). The third-order valence-corrected chi connectivity index (χ3v) is 3.89. The molecule has 0 fully saturated rings. The first-order valence-corrected chi connectivity index (χ1v) is 7.43. The van der Waals surface area contributed by atoms with Crippen LogP contribution in [0.4, 0.5) is 0 Å². The van der Waals surface area contributed by atoms with Crippen LogP contribution < -0.4 is 4.74 Å². The number of imidazole rings is 1. The van der Waals surface area contributed by atoms with E-state index in [1.165, 1.54) is 11.1 Å². The fraction of sp³-hybridized carbons (Fsp3) is 0.235. The van der Waals surface area contributed by atoms with E-state index in [0.29, 0.717) is 6.61 Å². The van der Waals surface area contributed by atoms with Crippen molar-refractivity contribution in [2.75, 3.05) is 6.61 Å². The Morgan fingerprint density at radius 2 is 1.95 bits per heavy atom. The summed E-state index contributed by atoms with van der Waals surface area (Å²) in [4.78, 5) is 3.25. The monoisotopic (exact) mass is 298 g/mol. The third-order valence-electron chi connectivity index (χ3n) is 3.57. The highest BCUT2D eigenvalue weighted by Gasteiger charge is 2.06. The maximum absolute atomic E-state index is 5.82. The first kappa shape index (κ1) is 13.9. The molecule has 1 aromatic heterocycles. The van der Waals surface area contributed by atoms with Crippen LogP contribution in [0, 0.1) is 18.6 Å². The number of H-pyrrole nitrogens is 1. The van der Waals surface area contributed by atoms with Crippen LogP contribution in [0.15, 0.2) is 42.5 Å². The van der Waals surface area contributed by atoms with Gasteiger partial charge in [0.1, 0.15) is 12.4 Å². The standard InChI is InChI=1S/C17H18N2OS/c1-12-5-3-7-14(11-12)20-10-9-19-16-13(2)6-4-8-15(16)18-17(19)21/h3-8,11H,9-10H2,1-2H3,(H,18,21). The number of rotatable bonds is 4. The fourth-order valence-corrected chi connectivity index (χ4v) is 2.87. The molecular formula is C17H18N2OS. The lowest BCUT2D eigenvalue weighted by atomic mass is 10.2. The van der Waals surface area contributed by atoms with Crippen molar-refractivity contribution in [2.24, 2.45) is 0 Å². The lowest BCUT2D eigenvalue weighted by Gasteiger charge is -2.09. The predicted octanol–water partition coefficient (Wildman–Crippen LogP) is 4.39. The van der Waals surface area contributed by atoms with Crippen LogP contribution in [0.25, 0.3) is 11.0 Å². The second kappa shape index (κ2) is 5.74. The van der Waals surface area contributed by atoms with E-state index >= 15 is 0 Å². The Bertz CT molecular complexity index is 832. The van der Waals surface area contributed by atoms with Gasteiger partial charge in [0.2, 0.25) is 0 Å². The Balaban J connectivity index is 1.80. The maximum atomic E-state index is 5.82. The molecule has 0 unspecified atom stereocenters. The second-order valence-electron chi connectivity index (χ2n) is 5.22. The molecule has 0 amide bonds. The number of hydrogen-bond acceptors (Lipinski definition) is 2. The Kier molecular flexibility index (Phi) is 3.80. The first-order valence-electron chi connectivity index (χ1n) is 7.03. The average molecular weight is 298 g/mol. The van der Waals surface area contributed by atoms with Gasteiger partial charge in [0, 0.05) is 0 Å². The van der Waals surface area contributed by atoms with Gasteiger partial charge in [-0.2, -0.15) is 0 Å². The summed E-state index contributed by atoms with van der Waals surface area (Å²) in [5.41, 5.74) is 4.66. The number of nitrogens with one attached hydrogen (secondary N) is 1. The van der Waals surface area contributed by atoms with Gasteiger partial charge in [-0.25, -0.2) is 0 Å². The van der Waals surface area contributed by atoms with Gasteiger partial charge in [0.15, 0.2) is 4.77 Å². The highest BCUT2D eigenvalue weighted by molar-refractivity contribution is 7.71. The average Bonchev–Trinajstić information content (AvgIpc) is 2.76. The second-order valence-corrected chi connectivity index (χ2v) is 5.60. The molecule has 0 spiro atoms. The first-order chi connectivity index (χ1) is 10.1. The molecule has 3 aromatic rings.